The van der Waals surface area contributed by atoms with Gasteiger partial charge in [0.25, 0.3) is 0 Å². The van der Waals surface area contributed by atoms with E-state index in [-0.39, 0.29) is 5.97 Å². The lowest BCUT2D eigenvalue weighted by molar-refractivity contribution is -0.139. The zero-order chi connectivity index (χ0) is 26.2. The second kappa shape index (κ2) is 12.8. The molecule has 2 aromatic carbocycles. The third-order valence-electron chi connectivity index (χ3n) is 6.21. The molecule has 8 heteroatoms. The summed E-state index contributed by atoms with van der Waals surface area (Å²) in [6.07, 6.45) is 3.99. The van der Waals surface area contributed by atoms with Crippen molar-refractivity contribution in [3.05, 3.63) is 76.5 Å². The Morgan fingerprint density at radius 1 is 1.08 bits per heavy atom. The van der Waals surface area contributed by atoms with E-state index in [1.54, 1.807) is 16.4 Å². The van der Waals surface area contributed by atoms with Crippen molar-refractivity contribution in [3.8, 4) is 5.75 Å². The molecule has 1 aromatic heterocycles. The van der Waals surface area contributed by atoms with Crippen LogP contribution in [0.15, 0.2) is 65.0 Å². The van der Waals surface area contributed by atoms with Gasteiger partial charge in [-0.3, -0.25) is 0 Å². The van der Waals surface area contributed by atoms with Crippen molar-refractivity contribution < 1.29 is 14.3 Å². The van der Waals surface area contributed by atoms with Crippen molar-refractivity contribution in [2.45, 2.75) is 71.2 Å². The first-order chi connectivity index (χ1) is 18.0. The molecule has 0 fully saturated rings. The molecule has 0 aliphatic carbocycles. The highest BCUT2D eigenvalue weighted by molar-refractivity contribution is 7.99. The molecule has 196 valence electrons. The number of hydrogen-bond donors (Lipinski definition) is 1. The summed E-state index contributed by atoms with van der Waals surface area (Å²) in [5, 5.41) is 8.78. The van der Waals surface area contributed by atoms with E-state index in [1.807, 2.05) is 31.2 Å². The standard InChI is InChI=1S/C29H36N4O3S/c1-5-7-16-35-27(34)25-21(4)30-28-31-29(37-17-8-6-2)32-33(28)26(25)23-10-9-11-24(18-23)36-19-22-14-12-20(3)13-15-22/h9-15,18,26H,5-8,16-17,19H2,1-4H3,(H,30,31,32). The molecule has 0 saturated heterocycles. The number of fused-ring (bicyclic) bond motifs is 1. The van der Waals surface area contributed by atoms with Crippen molar-refractivity contribution in [1.29, 1.82) is 0 Å². The Morgan fingerprint density at radius 3 is 2.62 bits per heavy atom. The van der Waals surface area contributed by atoms with Gasteiger partial charge in [0.05, 0.1) is 12.2 Å². The molecular formula is C29H36N4O3S. The van der Waals surface area contributed by atoms with Crippen molar-refractivity contribution in [3.63, 3.8) is 0 Å². The number of nitrogens with one attached hydrogen (secondary N) is 1. The molecule has 1 aliphatic heterocycles. The van der Waals surface area contributed by atoms with Gasteiger partial charge in [-0.2, -0.15) is 4.98 Å². The largest absolute Gasteiger partial charge is 0.489 e. The van der Waals surface area contributed by atoms with E-state index in [9.17, 15) is 4.79 Å². The molecule has 0 amide bonds. The number of anilines is 1. The van der Waals surface area contributed by atoms with Crippen LogP contribution in [0.25, 0.3) is 0 Å². The lowest BCUT2D eigenvalue weighted by Crippen LogP contribution is -2.29. The highest BCUT2D eigenvalue weighted by Gasteiger charge is 2.35. The number of aryl methyl sites for hydroxylation is 1. The predicted octanol–water partition coefficient (Wildman–Crippen LogP) is 6.69. The average Bonchev–Trinajstić information content (AvgIpc) is 3.30. The van der Waals surface area contributed by atoms with Crippen molar-refractivity contribution in [2.24, 2.45) is 0 Å². The summed E-state index contributed by atoms with van der Waals surface area (Å²) < 4.78 is 13.6. The van der Waals surface area contributed by atoms with Gasteiger partial charge < -0.3 is 14.8 Å². The predicted molar refractivity (Wildman–Crippen MR) is 148 cm³/mol. The van der Waals surface area contributed by atoms with Gasteiger partial charge in [-0.05, 0) is 49.9 Å². The fourth-order valence-corrected chi connectivity index (χ4v) is 5.00. The molecular weight excluding hydrogens is 484 g/mol. The Bertz CT molecular complexity index is 1240. The van der Waals surface area contributed by atoms with Crippen LogP contribution in [0.5, 0.6) is 5.75 Å². The van der Waals surface area contributed by atoms with E-state index >= 15 is 0 Å². The van der Waals surface area contributed by atoms with E-state index in [1.165, 1.54) is 5.56 Å². The van der Waals surface area contributed by atoms with Crippen LogP contribution in [0.3, 0.4) is 0 Å². The number of thioether (sulfide) groups is 1. The lowest BCUT2D eigenvalue weighted by atomic mass is 9.95. The quantitative estimate of drug-likeness (QED) is 0.162. The first kappa shape index (κ1) is 26.8. The van der Waals surface area contributed by atoms with Gasteiger partial charge in [-0.15, -0.1) is 5.10 Å². The highest BCUT2D eigenvalue weighted by atomic mass is 32.2. The number of benzene rings is 2. The summed E-state index contributed by atoms with van der Waals surface area (Å²) in [5.74, 6) is 1.96. The van der Waals surface area contributed by atoms with Crippen LogP contribution in [-0.2, 0) is 16.1 Å². The first-order valence-corrected chi connectivity index (χ1v) is 14.0. The maximum Gasteiger partial charge on any atom is 0.338 e. The summed E-state index contributed by atoms with van der Waals surface area (Å²) >= 11 is 1.63. The summed E-state index contributed by atoms with van der Waals surface area (Å²) in [6.45, 7) is 9.06. The van der Waals surface area contributed by atoms with Crippen LogP contribution in [0.2, 0.25) is 0 Å². The molecule has 0 spiro atoms. The van der Waals surface area contributed by atoms with Crippen molar-refractivity contribution in [2.75, 3.05) is 17.7 Å². The number of esters is 1. The number of aromatic nitrogens is 3. The number of ether oxygens (including phenoxy) is 2. The molecule has 0 bridgehead atoms. The summed E-state index contributed by atoms with van der Waals surface area (Å²) in [4.78, 5) is 18.0. The maximum absolute atomic E-state index is 13.3. The molecule has 4 rings (SSSR count). The third-order valence-corrected chi connectivity index (χ3v) is 7.14. The zero-order valence-electron chi connectivity index (χ0n) is 22.1. The number of rotatable bonds is 12. The Labute approximate surface area is 223 Å². The summed E-state index contributed by atoms with van der Waals surface area (Å²) in [7, 11) is 0. The number of nitrogens with zero attached hydrogens (tertiary/aromatic N) is 3. The Hall–Kier alpha value is -3.26. The second-order valence-corrected chi connectivity index (χ2v) is 10.3. The average molecular weight is 521 g/mol. The topological polar surface area (TPSA) is 78.3 Å². The molecule has 7 nitrogen and oxygen atoms in total. The smallest absolute Gasteiger partial charge is 0.338 e. The van der Waals surface area contributed by atoms with E-state index in [0.29, 0.717) is 29.9 Å². The van der Waals surface area contributed by atoms with E-state index in [2.05, 4.69) is 50.4 Å². The fourth-order valence-electron chi connectivity index (χ4n) is 4.09. The van der Waals surface area contributed by atoms with Crippen LogP contribution < -0.4 is 10.1 Å². The minimum absolute atomic E-state index is 0.337. The van der Waals surface area contributed by atoms with E-state index in [4.69, 9.17) is 19.6 Å². The Kier molecular flexibility index (Phi) is 9.28. The second-order valence-electron chi connectivity index (χ2n) is 9.27. The molecule has 1 unspecified atom stereocenters. The van der Waals surface area contributed by atoms with Crippen LogP contribution in [0.1, 0.15) is 69.2 Å². The van der Waals surface area contributed by atoms with Gasteiger partial charge in [0.1, 0.15) is 18.4 Å². The lowest BCUT2D eigenvalue weighted by Gasteiger charge is -2.28. The van der Waals surface area contributed by atoms with Crippen molar-refractivity contribution >= 4 is 23.7 Å². The molecule has 0 radical (unpaired) electrons. The van der Waals surface area contributed by atoms with Gasteiger partial charge in [0.2, 0.25) is 11.1 Å². The fraction of sp³-hybridized carbons (Fsp3) is 0.414. The number of carbonyl (C=O) groups is 1. The molecule has 0 saturated carbocycles. The van der Waals surface area contributed by atoms with Crippen LogP contribution >= 0.6 is 11.8 Å². The summed E-state index contributed by atoms with van der Waals surface area (Å²) in [6, 6.07) is 15.7. The summed E-state index contributed by atoms with van der Waals surface area (Å²) in [5.41, 5.74) is 4.46. The molecule has 3 aromatic rings. The minimum atomic E-state index is -0.471. The van der Waals surface area contributed by atoms with Gasteiger partial charge in [-0.25, -0.2) is 9.48 Å². The molecule has 1 N–H and O–H groups in total. The monoisotopic (exact) mass is 520 g/mol. The molecule has 37 heavy (non-hydrogen) atoms. The SMILES string of the molecule is CCCCOC(=O)C1=C(C)Nc2nc(SCCCC)nn2C1c1cccc(OCc2ccc(C)cc2)c1. The van der Waals surface area contributed by atoms with Crippen molar-refractivity contribution in [1.82, 2.24) is 14.8 Å². The highest BCUT2D eigenvalue weighted by Crippen LogP contribution is 2.38. The zero-order valence-corrected chi connectivity index (χ0v) is 22.9. The van der Waals surface area contributed by atoms with Crippen LogP contribution in [-0.4, -0.2) is 33.1 Å². The number of unbranched alkanes of at least 4 members (excludes halogenated alkanes) is 2. The van der Waals surface area contributed by atoms with Gasteiger partial charge in [0.15, 0.2) is 0 Å². The number of allylic oxidation sites excluding steroid dienone is 1. The van der Waals surface area contributed by atoms with E-state index < -0.39 is 6.04 Å². The van der Waals surface area contributed by atoms with E-state index in [0.717, 1.165) is 54.0 Å². The number of hydrogen-bond acceptors (Lipinski definition) is 7. The normalized spacial score (nSPS) is 14.8. The first-order valence-electron chi connectivity index (χ1n) is 13.0. The van der Waals surface area contributed by atoms with Gasteiger partial charge in [-0.1, -0.05) is 80.4 Å². The van der Waals surface area contributed by atoms with Gasteiger partial charge >= 0.3 is 5.97 Å². The molecule has 1 atom stereocenters. The maximum atomic E-state index is 13.3. The Morgan fingerprint density at radius 2 is 1.86 bits per heavy atom. The number of carbonyl (C=O) groups excluding carboxylic acids is 1. The third kappa shape index (κ3) is 6.74. The van der Waals surface area contributed by atoms with Crippen LogP contribution in [0, 0.1) is 6.92 Å². The molecule has 2 heterocycles. The Balaban J connectivity index is 1.64. The molecule has 1 aliphatic rings. The van der Waals surface area contributed by atoms with Crippen LogP contribution in [0.4, 0.5) is 5.95 Å². The minimum Gasteiger partial charge on any atom is -0.489 e. The van der Waals surface area contributed by atoms with Gasteiger partial charge in [0, 0.05) is 11.4 Å².